The zero-order valence-electron chi connectivity index (χ0n) is 7.20. The molecule has 0 amide bonds. The summed E-state index contributed by atoms with van der Waals surface area (Å²) in [6.07, 6.45) is 9.39. The molecule has 0 saturated carbocycles. The fourth-order valence-corrected chi connectivity index (χ4v) is 0.980. The van der Waals surface area contributed by atoms with Crippen molar-refractivity contribution in [3.8, 4) is 18.4 Å². The van der Waals surface area contributed by atoms with Crippen LogP contribution in [0.4, 0.5) is 0 Å². The summed E-state index contributed by atoms with van der Waals surface area (Å²) in [7, 11) is 0. The number of rotatable bonds is 2. The largest absolute Gasteiger partial charge is 0.198 e. The van der Waals surface area contributed by atoms with Gasteiger partial charge in [-0.15, -0.1) is 6.42 Å². The Balaban J connectivity index is 2.80. The lowest BCUT2D eigenvalue weighted by Crippen LogP contribution is -1.75. The van der Waals surface area contributed by atoms with E-state index in [4.69, 9.17) is 11.7 Å². The van der Waals surface area contributed by atoms with Gasteiger partial charge in [-0.2, -0.15) is 5.26 Å². The smallest absolute Gasteiger partial charge is 0.0663 e. The van der Waals surface area contributed by atoms with Crippen LogP contribution < -0.4 is 0 Å². The molecule has 0 aliphatic carbocycles. The standard InChI is InChI=1S/C12H9N/c1-2-11-7-5-8-12(10-11)6-3-4-9-13/h1,3,5-8,10H,4H2. The second-order valence-electron chi connectivity index (χ2n) is 2.53. The van der Waals surface area contributed by atoms with Gasteiger partial charge in [-0.05, 0) is 17.7 Å². The second-order valence-corrected chi connectivity index (χ2v) is 2.53. The molecule has 1 nitrogen and oxygen atoms in total. The van der Waals surface area contributed by atoms with E-state index in [1.54, 1.807) is 0 Å². The molecule has 1 heteroatoms. The van der Waals surface area contributed by atoms with E-state index in [2.05, 4.69) is 5.92 Å². The fourth-order valence-electron chi connectivity index (χ4n) is 0.980. The van der Waals surface area contributed by atoms with Gasteiger partial charge in [0.1, 0.15) is 0 Å². The fraction of sp³-hybridized carbons (Fsp3) is 0.0833. The van der Waals surface area contributed by atoms with Gasteiger partial charge in [0.2, 0.25) is 0 Å². The predicted molar refractivity (Wildman–Crippen MR) is 53.6 cm³/mol. The summed E-state index contributed by atoms with van der Waals surface area (Å²) in [5.41, 5.74) is 1.89. The third-order valence-electron chi connectivity index (χ3n) is 1.57. The summed E-state index contributed by atoms with van der Waals surface area (Å²) in [5, 5.41) is 8.31. The van der Waals surface area contributed by atoms with Gasteiger partial charge >= 0.3 is 0 Å². The molecule has 0 unspecified atom stereocenters. The molecular formula is C12H9N. The molecule has 1 rings (SSSR count). The van der Waals surface area contributed by atoms with Crippen LogP contribution in [0.5, 0.6) is 0 Å². The van der Waals surface area contributed by atoms with Crippen molar-refractivity contribution in [2.24, 2.45) is 0 Å². The van der Waals surface area contributed by atoms with Crippen LogP contribution in [0.15, 0.2) is 30.3 Å². The van der Waals surface area contributed by atoms with Gasteiger partial charge in [0, 0.05) is 5.56 Å². The third-order valence-corrected chi connectivity index (χ3v) is 1.57. The molecule has 0 spiro atoms. The van der Waals surface area contributed by atoms with Gasteiger partial charge in [0.15, 0.2) is 0 Å². The van der Waals surface area contributed by atoms with E-state index in [-0.39, 0.29) is 0 Å². The molecule has 0 aliphatic heterocycles. The van der Waals surface area contributed by atoms with Crippen LogP contribution in [0.2, 0.25) is 0 Å². The van der Waals surface area contributed by atoms with Crippen molar-refractivity contribution >= 4 is 6.08 Å². The van der Waals surface area contributed by atoms with E-state index in [9.17, 15) is 0 Å². The maximum atomic E-state index is 8.31. The van der Waals surface area contributed by atoms with Gasteiger partial charge in [-0.25, -0.2) is 0 Å². The van der Waals surface area contributed by atoms with E-state index in [1.807, 2.05) is 42.5 Å². The molecule has 0 heterocycles. The van der Waals surface area contributed by atoms with Crippen molar-refractivity contribution in [2.75, 3.05) is 0 Å². The number of hydrogen-bond donors (Lipinski definition) is 0. The predicted octanol–water partition coefficient (Wildman–Crippen LogP) is 2.59. The van der Waals surface area contributed by atoms with E-state index in [1.165, 1.54) is 0 Å². The Morgan fingerprint density at radius 1 is 1.46 bits per heavy atom. The monoisotopic (exact) mass is 167 g/mol. The highest BCUT2D eigenvalue weighted by Crippen LogP contribution is 2.06. The van der Waals surface area contributed by atoms with Crippen LogP contribution in [-0.2, 0) is 0 Å². The van der Waals surface area contributed by atoms with Crippen molar-refractivity contribution in [3.05, 3.63) is 41.5 Å². The Labute approximate surface area is 78.3 Å². The molecule has 0 saturated heterocycles. The zero-order chi connectivity index (χ0) is 9.52. The molecule has 0 bridgehead atoms. The molecule has 0 aliphatic rings. The van der Waals surface area contributed by atoms with E-state index < -0.39 is 0 Å². The molecule has 1 aromatic carbocycles. The highest BCUT2D eigenvalue weighted by atomic mass is 14.2. The Morgan fingerprint density at radius 3 is 3.00 bits per heavy atom. The molecule has 62 valence electrons. The zero-order valence-corrected chi connectivity index (χ0v) is 7.20. The average Bonchev–Trinajstić information content (AvgIpc) is 2.19. The molecule has 0 atom stereocenters. The third kappa shape index (κ3) is 2.85. The summed E-state index contributed by atoms with van der Waals surface area (Å²) >= 11 is 0. The van der Waals surface area contributed by atoms with Crippen molar-refractivity contribution < 1.29 is 0 Å². The molecule has 1 aromatic rings. The van der Waals surface area contributed by atoms with E-state index in [0.29, 0.717) is 6.42 Å². The molecule has 0 N–H and O–H groups in total. The molecular weight excluding hydrogens is 158 g/mol. The van der Waals surface area contributed by atoms with Gasteiger partial charge in [0.05, 0.1) is 12.5 Å². The van der Waals surface area contributed by atoms with Crippen LogP contribution in [0.25, 0.3) is 6.08 Å². The normalized spacial score (nSPS) is 9.38. The number of hydrogen-bond acceptors (Lipinski definition) is 1. The minimum atomic E-state index is 0.431. The van der Waals surface area contributed by atoms with Crippen LogP contribution in [0, 0.1) is 23.7 Å². The van der Waals surface area contributed by atoms with Crippen LogP contribution in [0.3, 0.4) is 0 Å². The average molecular weight is 167 g/mol. The van der Waals surface area contributed by atoms with Crippen molar-refractivity contribution in [1.29, 1.82) is 5.26 Å². The van der Waals surface area contributed by atoms with Gasteiger partial charge in [-0.3, -0.25) is 0 Å². The van der Waals surface area contributed by atoms with E-state index in [0.717, 1.165) is 11.1 Å². The molecule has 0 aromatic heterocycles. The van der Waals surface area contributed by atoms with Crippen LogP contribution >= 0.6 is 0 Å². The first kappa shape index (κ1) is 9.10. The van der Waals surface area contributed by atoms with Gasteiger partial charge in [-0.1, -0.05) is 30.2 Å². The van der Waals surface area contributed by atoms with Gasteiger partial charge in [0.25, 0.3) is 0 Å². The van der Waals surface area contributed by atoms with Gasteiger partial charge < -0.3 is 0 Å². The minimum absolute atomic E-state index is 0.431. The number of terminal acetylenes is 1. The quantitative estimate of drug-likeness (QED) is 0.621. The van der Waals surface area contributed by atoms with Crippen molar-refractivity contribution in [2.45, 2.75) is 6.42 Å². The number of nitriles is 1. The first-order valence-corrected chi connectivity index (χ1v) is 3.97. The summed E-state index contributed by atoms with van der Waals surface area (Å²) in [4.78, 5) is 0. The molecule has 0 fully saturated rings. The Hall–Kier alpha value is -1.99. The van der Waals surface area contributed by atoms with Crippen LogP contribution in [0.1, 0.15) is 17.5 Å². The number of nitrogens with zero attached hydrogens (tertiary/aromatic N) is 1. The number of benzene rings is 1. The number of allylic oxidation sites excluding steroid dienone is 1. The first-order chi connectivity index (χ1) is 6.36. The summed E-state index contributed by atoms with van der Waals surface area (Å²) in [5.74, 6) is 2.56. The molecule has 0 radical (unpaired) electrons. The highest BCUT2D eigenvalue weighted by Gasteiger charge is 1.87. The van der Waals surface area contributed by atoms with Crippen molar-refractivity contribution in [1.82, 2.24) is 0 Å². The lowest BCUT2D eigenvalue weighted by Gasteiger charge is -1.93. The minimum Gasteiger partial charge on any atom is -0.198 e. The van der Waals surface area contributed by atoms with E-state index >= 15 is 0 Å². The SMILES string of the molecule is C#Cc1cccc(C=CCC#N)c1. The summed E-state index contributed by atoms with van der Waals surface area (Å²) < 4.78 is 0. The Morgan fingerprint density at radius 2 is 2.31 bits per heavy atom. The first-order valence-electron chi connectivity index (χ1n) is 3.97. The lowest BCUT2D eigenvalue weighted by molar-refractivity contribution is 1.36. The molecule has 13 heavy (non-hydrogen) atoms. The maximum Gasteiger partial charge on any atom is 0.0663 e. The lowest BCUT2D eigenvalue weighted by atomic mass is 10.1. The van der Waals surface area contributed by atoms with Crippen LogP contribution in [-0.4, -0.2) is 0 Å². The Kier molecular flexibility index (Phi) is 3.36. The summed E-state index contributed by atoms with van der Waals surface area (Å²) in [6.45, 7) is 0. The summed E-state index contributed by atoms with van der Waals surface area (Å²) in [6, 6.07) is 9.68. The topological polar surface area (TPSA) is 23.8 Å². The second kappa shape index (κ2) is 4.80. The Bertz CT molecular complexity index is 388. The maximum absolute atomic E-state index is 8.31. The highest BCUT2D eigenvalue weighted by molar-refractivity contribution is 5.52. The van der Waals surface area contributed by atoms with Crippen molar-refractivity contribution in [3.63, 3.8) is 0 Å².